The van der Waals surface area contributed by atoms with Gasteiger partial charge in [-0.2, -0.15) is 0 Å². The largest absolute Gasteiger partial charge is 0.456 e. The summed E-state index contributed by atoms with van der Waals surface area (Å²) in [7, 11) is 1.65. The van der Waals surface area contributed by atoms with Crippen LogP contribution in [0.5, 0.6) is 0 Å². The van der Waals surface area contributed by atoms with Gasteiger partial charge in [0.15, 0.2) is 6.61 Å². The quantitative estimate of drug-likeness (QED) is 0.439. The van der Waals surface area contributed by atoms with Crippen LogP contribution in [-0.4, -0.2) is 52.5 Å². The molecule has 0 fully saturated rings. The Hall–Kier alpha value is -4.01. The van der Waals surface area contributed by atoms with Crippen LogP contribution in [-0.2, 0) is 9.53 Å². The summed E-state index contributed by atoms with van der Waals surface area (Å²) >= 11 is 0. The average Bonchev–Trinajstić information content (AvgIpc) is 3.07. The number of carbonyl (C=O) groups excluding carboxylic acids is 3. The molecule has 31 heavy (non-hydrogen) atoms. The fourth-order valence-electron chi connectivity index (χ4n) is 2.99. The normalized spacial score (nSPS) is 10.4. The van der Waals surface area contributed by atoms with Crippen molar-refractivity contribution in [3.63, 3.8) is 0 Å². The molecule has 1 amide bonds. The first-order valence-electron chi connectivity index (χ1n) is 9.59. The summed E-state index contributed by atoms with van der Waals surface area (Å²) in [5.41, 5.74) is 4.88. The molecule has 0 radical (unpaired) electrons. The van der Waals surface area contributed by atoms with Crippen LogP contribution in [0.15, 0.2) is 54.9 Å². The SMILES string of the molecule is Cc1cc(C(=O)COC(=O)CN(C)c2ncccn2)c(C)n1NC(=O)c1ccccc1. The van der Waals surface area contributed by atoms with Gasteiger partial charge in [0, 0.05) is 42.0 Å². The third-order valence-corrected chi connectivity index (χ3v) is 4.60. The monoisotopic (exact) mass is 421 g/mol. The number of ketones is 1. The second-order valence-electron chi connectivity index (χ2n) is 6.92. The third-order valence-electron chi connectivity index (χ3n) is 4.60. The smallest absolute Gasteiger partial charge is 0.326 e. The topological polar surface area (TPSA) is 106 Å². The van der Waals surface area contributed by atoms with Gasteiger partial charge in [0.05, 0.1) is 0 Å². The molecule has 0 atom stereocenters. The summed E-state index contributed by atoms with van der Waals surface area (Å²) in [6.45, 7) is 2.99. The van der Waals surface area contributed by atoms with E-state index in [4.69, 9.17) is 4.74 Å². The van der Waals surface area contributed by atoms with E-state index in [1.165, 1.54) is 4.90 Å². The Morgan fingerprint density at radius 1 is 1.06 bits per heavy atom. The van der Waals surface area contributed by atoms with Crippen molar-refractivity contribution in [1.29, 1.82) is 0 Å². The van der Waals surface area contributed by atoms with E-state index in [0.717, 1.165) is 0 Å². The molecule has 2 aromatic heterocycles. The molecule has 0 aliphatic rings. The highest BCUT2D eigenvalue weighted by Gasteiger charge is 2.19. The first kappa shape index (κ1) is 21.7. The van der Waals surface area contributed by atoms with Gasteiger partial charge in [-0.1, -0.05) is 18.2 Å². The number of esters is 1. The number of ether oxygens (including phenoxy) is 1. The fourth-order valence-corrected chi connectivity index (χ4v) is 2.99. The van der Waals surface area contributed by atoms with E-state index in [-0.39, 0.29) is 18.2 Å². The first-order valence-corrected chi connectivity index (χ1v) is 9.59. The second kappa shape index (κ2) is 9.66. The van der Waals surface area contributed by atoms with E-state index in [2.05, 4.69) is 15.4 Å². The summed E-state index contributed by atoms with van der Waals surface area (Å²) in [4.78, 5) is 46.7. The molecule has 3 rings (SSSR count). The van der Waals surface area contributed by atoms with Crippen molar-refractivity contribution in [2.45, 2.75) is 13.8 Å². The van der Waals surface area contributed by atoms with Gasteiger partial charge in [-0.25, -0.2) is 9.97 Å². The number of hydrogen-bond acceptors (Lipinski definition) is 7. The van der Waals surface area contributed by atoms with Crippen LogP contribution >= 0.6 is 0 Å². The summed E-state index contributed by atoms with van der Waals surface area (Å²) in [5.74, 6) is -0.850. The Kier molecular flexibility index (Phi) is 6.76. The van der Waals surface area contributed by atoms with E-state index >= 15 is 0 Å². The van der Waals surface area contributed by atoms with Crippen LogP contribution in [0.2, 0.25) is 0 Å². The molecular weight excluding hydrogens is 398 g/mol. The van der Waals surface area contributed by atoms with Gasteiger partial charge < -0.3 is 9.64 Å². The predicted octanol–water partition coefficient (Wildman–Crippen LogP) is 2.14. The molecular formula is C22H23N5O4. The zero-order chi connectivity index (χ0) is 22.4. The van der Waals surface area contributed by atoms with E-state index in [9.17, 15) is 14.4 Å². The molecule has 2 heterocycles. The predicted molar refractivity (Wildman–Crippen MR) is 115 cm³/mol. The molecule has 3 aromatic rings. The maximum Gasteiger partial charge on any atom is 0.326 e. The minimum Gasteiger partial charge on any atom is -0.456 e. The number of amides is 1. The Morgan fingerprint density at radius 2 is 1.74 bits per heavy atom. The molecule has 0 saturated carbocycles. The number of aromatic nitrogens is 3. The summed E-state index contributed by atoms with van der Waals surface area (Å²) < 4.78 is 6.67. The molecule has 0 unspecified atom stereocenters. The van der Waals surface area contributed by atoms with Crippen LogP contribution < -0.4 is 10.3 Å². The van der Waals surface area contributed by atoms with Gasteiger partial charge in [-0.3, -0.25) is 24.5 Å². The maximum absolute atomic E-state index is 12.6. The minimum absolute atomic E-state index is 0.0938. The standard InChI is InChI=1S/C22H23N5O4/c1-15-12-18(16(2)27(15)25-21(30)17-8-5-4-6-9-17)19(28)14-31-20(29)13-26(3)22-23-10-7-11-24-22/h4-12H,13-14H2,1-3H3,(H,25,30). The lowest BCUT2D eigenvalue weighted by Gasteiger charge is -2.15. The van der Waals surface area contributed by atoms with Crippen molar-refractivity contribution in [2.24, 2.45) is 0 Å². The molecule has 0 saturated heterocycles. The number of carbonyl (C=O) groups is 3. The number of anilines is 1. The lowest BCUT2D eigenvalue weighted by Crippen LogP contribution is -2.29. The highest BCUT2D eigenvalue weighted by molar-refractivity contribution is 6.01. The molecule has 1 N–H and O–H groups in total. The molecule has 0 spiro atoms. The van der Waals surface area contributed by atoms with Crippen LogP contribution in [0.4, 0.5) is 5.95 Å². The van der Waals surface area contributed by atoms with Gasteiger partial charge in [0.2, 0.25) is 11.7 Å². The third kappa shape index (κ3) is 5.33. The Labute approximate surface area is 179 Å². The van der Waals surface area contributed by atoms with Gasteiger partial charge in [0.1, 0.15) is 6.54 Å². The molecule has 1 aromatic carbocycles. The number of hydrogen-bond donors (Lipinski definition) is 1. The average molecular weight is 421 g/mol. The van der Waals surface area contributed by atoms with Crippen molar-refractivity contribution < 1.29 is 19.1 Å². The van der Waals surface area contributed by atoms with E-state index < -0.39 is 12.6 Å². The molecule has 0 aliphatic heterocycles. The van der Waals surface area contributed by atoms with Crippen LogP contribution in [0.1, 0.15) is 32.1 Å². The van der Waals surface area contributed by atoms with E-state index in [0.29, 0.717) is 28.5 Å². The number of nitrogens with zero attached hydrogens (tertiary/aromatic N) is 4. The van der Waals surface area contributed by atoms with Crippen LogP contribution in [0, 0.1) is 13.8 Å². The molecule has 0 bridgehead atoms. The van der Waals surface area contributed by atoms with Crippen molar-refractivity contribution in [1.82, 2.24) is 14.6 Å². The zero-order valence-electron chi connectivity index (χ0n) is 17.5. The van der Waals surface area contributed by atoms with Crippen molar-refractivity contribution >= 4 is 23.6 Å². The highest BCUT2D eigenvalue weighted by Crippen LogP contribution is 2.15. The number of benzene rings is 1. The van der Waals surface area contributed by atoms with Gasteiger partial charge >= 0.3 is 5.97 Å². The second-order valence-corrected chi connectivity index (χ2v) is 6.92. The van der Waals surface area contributed by atoms with Crippen molar-refractivity contribution in [3.8, 4) is 0 Å². The Balaban J connectivity index is 1.60. The van der Waals surface area contributed by atoms with Crippen molar-refractivity contribution in [3.05, 3.63) is 77.4 Å². The summed E-state index contributed by atoms with van der Waals surface area (Å²) in [6, 6.07) is 12.1. The molecule has 0 aliphatic carbocycles. The maximum atomic E-state index is 12.6. The highest BCUT2D eigenvalue weighted by atomic mass is 16.5. The number of rotatable bonds is 8. The van der Waals surface area contributed by atoms with Crippen LogP contribution in [0.3, 0.4) is 0 Å². The summed E-state index contributed by atoms with van der Waals surface area (Å²) in [6.07, 6.45) is 3.14. The minimum atomic E-state index is -0.575. The van der Waals surface area contributed by atoms with Gasteiger partial charge in [-0.15, -0.1) is 0 Å². The molecule has 9 heteroatoms. The molecule has 160 valence electrons. The molecule has 9 nitrogen and oxygen atoms in total. The lowest BCUT2D eigenvalue weighted by atomic mass is 10.1. The number of Topliss-reactive ketones (excluding diaryl/α,β-unsaturated/α-hetero) is 1. The van der Waals surface area contributed by atoms with Crippen LogP contribution in [0.25, 0.3) is 0 Å². The zero-order valence-corrected chi connectivity index (χ0v) is 17.5. The van der Waals surface area contributed by atoms with E-state index in [1.54, 1.807) is 74.4 Å². The first-order chi connectivity index (χ1) is 14.9. The Morgan fingerprint density at radius 3 is 2.42 bits per heavy atom. The number of likely N-dealkylation sites (N-methyl/N-ethyl adjacent to an activating group) is 1. The van der Waals surface area contributed by atoms with E-state index in [1.807, 2.05) is 6.07 Å². The van der Waals surface area contributed by atoms with Gasteiger partial charge in [-0.05, 0) is 38.1 Å². The lowest BCUT2D eigenvalue weighted by molar-refractivity contribution is -0.140. The fraction of sp³-hybridized carbons (Fsp3) is 0.227. The number of nitrogens with one attached hydrogen (secondary N) is 1. The Bertz CT molecular complexity index is 1080. The van der Waals surface area contributed by atoms with Crippen molar-refractivity contribution in [2.75, 3.05) is 30.5 Å². The number of aryl methyl sites for hydroxylation is 1. The van der Waals surface area contributed by atoms with Gasteiger partial charge in [0.25, 0.3) is 5.91 Å². The summed E-state index contributed by atoms with van der Waals surface area (Å²) in [5, 5.41) is 0.